The molecule has 0 radical (unpaired) electrons. The van der Waals surface area contributed by atoms with Crippen LogP contribution in [0.1, 0.15) is 34.7 Å². The van der Waals surface area contributed by atoms with Crippen LogP contribution in [0.3, 0.4) is 0 Å². The van der Waals surface area contributed by atoms with E-state index in [1.165, 1.54) is 36.2 Å². The molecule has 0 aliphatic rings. The molecule has 0 aliphatic heterocycles. The van der Waals surface area contributed by atoms with Gasteiger partial charge in [-0.3, -0.25) is 20.0 Å². The van der Waals surface area contributed by atoms with Crippen molar-refractivity contribution in [3.63, 3.8) is 0 Å². The Hall–Kier alpha value is -5.97. The van der Waals surface area contributed by atoms with E-state index in [1.54, 1.807) is 12.1 Å². The molecule has 0 spiro atoms. The maximum Gasteiger partial charge on any atom is 0.300 e. The number of hydrogen-bond donors (Lipinski definition) is 3. The lowest BCUT2D eigenvalue weighted by Gasteiger charge is -2.17. The van der Waals surface area contributed by atoms with Crippen LogP contribution in [0, 0.1) is 28.4 Å². The van der Waals surface area contributed by atoms with Gasteiger partial charge in [0.1, 0.15) is 11.6 Å². The predicted octanol–water partition coefficient (Wildman–Crippen LogP) is 5.68. The molecule has 5 aromatic rings. The Labute approximate surface area is 284 Å². The first-order valence-electron chi connectivity index (χ1n) is 14.9. The minimum Gasteiger partial charge on any atom is -0.481 e. The van der Waals surface area contributed by atoms with E-state index in [0.717, 1.165) is 61.7 Å². The first-order chi connectivity index (χ1) is 23.5. The van der Waals surface area contributed by atoms with Gasteiger partial charge < -0.3 is 10.8 Å². The fourth-order valence-corrected chi connectivity index (χ4v) is 4.30. The molecule has 0 fully saturated rings. The molecule has 0 atom stereocenters. The Morgan fingerprint density at radius 3 is 1.39 bits per heavy atom. The number of nitrogens with two attached hydrogens (primary N) is 1. The fourth-order valence-electron chi connectivity index (χ4n) is 4.30. The highest BCUT2D eigenvalue weighted by Gasteiger charge is 2.06. The summed E-state index contributed by atoms with van der Waals surface area (Å²) in [6.45, 7) is 4.20. The molecule has 0 unspecified atom stereocenters. The van der Waals surface area contributed by atoms with Crippen molar-refractivity contribution < 1.29 is 18.7 Å². The highest BCUT2D eigenvalue weighted by molar-refractivity contribution is 5.63. The normalized spacial score (nSPS) is 9.92. The zero-order valence-electron chi connectivity index (χ0n) is 27.5. The van der Waals surface area contributed by atoms with Crippen molar-refractivity contribution in [3.05, 3.63) is 143 Å². The Balaban J connectivity index is 0.000000290. The average molecular weight is 668 g/mol. The van der Waals surface area contributed by atoms with Crippen LogP contribution in [-0.2, 0) is 31.0 Å². The number of benzene rings is 4. The smallest absolute Gasteiger partial charge is 0.300 e. The molecule has 13 heteroatoms. The van der Waals surface area contributed by atoms with Crippen molar-refractivity contribution in [2.75, 3.05) is 14.1 Å². The van der Waals surface area contributed by atoms with Crippen LogP contribution in [-0.4, -0.2) is 61.7 Å². The van der Waals surface area contributed by atoms with Crippen LogP contribution in [0.5, 0.6) is 0 Å². The van der Waals surface area contributed by atoms with Crippen molar-refractivity contribution in [1.29, 1.82) is 10.7 Å². The zero-order valence-corrected chi connectivity index (χ0v) is 27.5. The van der Waals surface area contributed by atoms with Crippen molar-refractivity contribution in [2.45, 2.75) is 33.1 Å². The van der Waals surface area contributed by atoms with Gasteiger partial charge >= 0.3 is 0 Å². The fraction of sp³-hybridized carbons (Fsp3) is 0.194. The first kappa shape index (κ1) is 39.2. The van der Waals surface area contributed by atoms with Gasteiger partial charge in [0.05, 0.1) is 18.0 Å². The van der Waals surface area contributed by atoms with Gasteiger partial charge in [-0.1, -0.05) is 60.7 Å². The molecular formula is C36H39F2N9O2. The van der Waals surface area contributed by atoms with Gasteiger partial charge in [0, 0.05) is 38.7 Å². The molecule has 49 heavy (non-hydrogen) atoms. The molecule has 1 aromatic heterocycles. The number of nitrogens with zero attached hydrogens (tertiary/aromatic N) is 7. The Morgan fingerprint density at radius 1 is 0.755 bits per heavy atom. The second-order valence-electron chi connectivity index (χ2n) is 10.7. The summed E-state index contributed by atoms with van der Waals surface area (Å²) in [6.07, 6.45) is 2.06. The van der Waals surface area contributed by atoms with Gasteiger partial charge in [0.25, 0.3) is 5.97 Å². The largest absolute Gasteiger partial charge is 0.481 e. The maximum absolute atomic E-state index is 12.9. The highest BCUT2D eigenvalue weighted by atomic mass is 19.1. The van der Waals surface area contributed by atoms with E-state index < -0.39 is 5.97 Å². The van der Waals surface area contributed by atoms with Crippen LogP contribution >= 0.6 is 0 Å². The van der Waals surface area contributed by atoms with E-state index in [-0.39, 0.29) is 11.6 Å². The van der Waals surface area contributed by atoms with Gasteiger partial charge in [-0.25, -0.2) is 8.78 Å². The van der Waals surface area contributed by atoms with E-state index in [9.17, 15) is 8.78 Å². The summed E-state index contributed by atoms with van der Waals surface area (Å²) >= 11 is 0. The first-order valence-corrected chi connectivity index (χ1v) is 14.9. The number of carboxylic acids is 1. The van der Waals surface area contributed by atoms with Crippen LogP contribution < -0.4 is 5.73 Å². The molecule has 4 N–H and O–H groups in total. The molecule has 0 aliphatic carbocycles. The predicted molar refractivity (Wildman–Crippen MR) is 184 cm³/mol. The lowest BCUT2D eigenvalue weighted by Crippen LogP contribution is -2.17. The van der Waals surface area contributed by atoms with Gasteiger partial charge in [0.15, 0.2) is 6.33 Å². The number of rotatable bonds is 9. The van der Waals surface area contributed by atoms with Crippen molar-refractivity contribution in [3.8, 4) is 17.5 Å². The molecule has 0 bridgehead atoms. The molecule has 0 saturated carbocycles. The number of carbonyl (C=O) groups is 1. The number of nitriles is 1. The zero-order chi connectivity index (χ0) is 36.0. The van der Waals surface area contributed by atoms with Crippen LogP contribution in [0.2, 0.25) is 0 Å². The van der Waals surface area contributed by atoms with Crippen LogP contribution in [0.4, 0.5) is 8.78 Å². The summed E-state index contributed by atoms with van der Waals surface area (Å²) in [4.78, 5) is 13.3. The summed E-state index contributed by atoms with van der Waals surface area (Å²) in [5.41, 5.74) is 10.4. The second kappa shape index (κ2) is 21.8. The summed E-state index contributed by atoms with van der Waals surface area (Å²) in [5, 5.41) is 37.3. The van der Waals surface area contributed by atoms with Gasteiger partial charge in [-0.2, -0.15) is 5.26 Å². The van der Waals surface area contributed by atoms with E-state index in [0.29, 0.717) is 11.4 Å². The quantitative estimate of drug-likeness (QED) is 0.131. The number of aromatic nitrogens is 4. The number of hydrogen-bond acceptors (Lipinski definition) is 9. The topological polar surface area (TPSA) is 169 Å². The van der Waals surface area contributed by atoms with Crippen molar-refractivity contribution >= 4 is 12.3 Å². The van der Waals surface area contributed by atoms with Gasteiger partial charge in [-0.15, -0.1) is 20.4 Å². The standard InChI is InChI=1S/C17H16FN5.C16H15FN2.C2H4O2.CH4N2/c1-23(11-14-4-8-16(18)9-5-14)10-13-2-6-15(7-3-13)17-21-19-12-20-22-17;1-19(12-15-6-8-16(17)9-7-15)11-14-4-2-13(10-18)3-5-14;1-2(3)4;2-1-3/h2-9,12H,10-11H2,1H3;2-9H,11-12H2,1H3;1H3,(H,3,4);1H,(H3,2,3). The lowest BCUT2D eigenvalue weighted by molar-refractivity contribution is -0.134. The number of halogens is 2. The Bertz CT molecular complexity index is 1710. The Kier molecular flexibility index (Phi) is 17.4. The Morgan fingerprint density at radius 2 is 1.06 bits per heavy atom. The molecule has 1 heterocycles. The summed E-state index contributed by atoms with van der Waals surface area (Å²) in [7, 11) is 4.05. The molecule has 11 nitrogen and oxygen atoms in total. The van der Waals surface area contributed by atoms with Crippen LogP contribution in [0.15, 0.2) is 103 Å². The molecule has 5 rings (SSSR count). The van der Waals surface area contributed by atoms with Gasteiger partial charge in [-0.05, 0) is 72.7 Å². The van der Waals surface area contributed by atoms with Crippen molar-refractivity contribution in [2.24, 2.45) is 5.73 Å². The van der Waals surface area contributed by atoms with Crippen molar-refractivity contribution in [1.82, 2.24) is 30.2 Å². The number of carboxylic acid groups (broad SMARTS) is 1. The summed E-state index contributed by atoms with van der Waals surface area (Å²) in [5.74, 6) is -0.740. The number of aliphatic carboxylic acids is 1. The minimum absolute atomic E-state index is 0.209. The van der Waals surface area contributed by atoms with E-state index >= 15 is 0 Å². The molecular weight excluding hydrogens is 628 g/mol. The molecule has 0 amide bonds. The lowest BCUT2D eigenvalue weighted by atomic mass is 10.1. The number of nitrogens with one attached hydrogen (secondary N) is 1. The third kappa shape index (κ3) is 16.4. The minimum atomic E-state index is -0.833. The van der Waals surface area contributed by atoms with Crippen LogP contribution in [0.25, 0.3) is 11.4 Å². The molecule has 4 aromatic carbocycles. The third-order valence-corrected chi connectivity index (χ3v) is 6.34. The highest BCUT2D eigenvalue weighted by Crippen LogP contribution is 2.16. The van der Waals surface area contributed by atoms with Gasteiger partial charge in [0.2, 0.25) is 5.82 Å². The summed E-state index contributed by atoms with van der Waals surface area (Å²) in [6, 6.07) is 30.8. The molecule has 0 saturated heterocycles. The van der Waals surface area contributed by atoms with E-state index in [4.69, 9.17) is 20.6 Å². The monoisotopic (exact) mass is 667 g/mol. The average Bonchev–Trinajstić information content (AvgIpc) is 3.08. The third-order valence-electron chi connectivity index (χ3n) is 6.34. The maximum atomic E-state index is 12.9. The summed E-state index contributed by atoms with van der Waals surface area (Å²) < 4.78 is 25.7. The van der Waals surface area contributed by atoms with E-state index in [2.05, 4.69) is 42.0 Å². The van der Waals surface area contributed by atoms with E-state index in [1.807, 2.05) is 74.8 Å². The second-order valence-corrected chi connectivity index (χ2v) is 10.7. The SMILES string of the molecule is CC(=O)O.CN(Cc1ccc(F)cc1)Cc1ccc(-c2nncnn2)cc1.CN(Cc1ccc(F)cc1)Cc1ccc(C#N)cc1.N=CN. The molecule has 254 valence electrons.